The Kier molecular flexibility index (Phi) is 6.10. The molecule has 1 aromatic carbocycles. The molecule has 2 N–H and O–H groups in total. The van der Waals surface area contributed by atoms with Gasteiger partial charge in [-0.1, -0.05) is 22.4 Å². The second-order valence-corrected chi connectivity index (χ2v) is 6.35. The third-order valence-electron chi connectivity index (χ3n) is 3.50. The average Bonchev–Trinajstić information content (AvgIpc) is 2.49. The minimum Gasteiger partial charge on any atom is -0.481 e. The highest BCUT2D eigenvalue weighted by Gasteiger charge is 2.12. The van der Waals surface area contributed by atoms with Crippen molar-refractivity contribution in [3.05, 3.63) is 40.0 Å². The molecule has 0 saturated heterocycles. The monoisotopic (exact) mass is 378 g/mol. The number of aliphatic carboxylic acids is 1. The molecule has 23 heavy (non-hydrogen) atoms. The van der Waals surface area contributed by atoms with Gasteiger partial charge in [-0.25, -0.2) is 0 Å². The molecule has 0 aliphatic heterocycles. The lowest BCUT2D eigenvalue weighted by Gasteiger charge is -2.09. The maximum Gasteiger partial charge on any atom is 0.303 e. The van der Waals surface area contributed by atoms with Crippen LogP contribution in [-0.4, -0.2) is 28.5 Å². The van der Waals surface area contributed by atoms with Gasteiger partial charge in [-0.05, 0) is 44.0 Å². The van der Waals surface area contributed by atoms with Crippen molar-refractivity contribution in [3.63, 3.8) is 0 Å². The van der Waals surface area contributed by atoms with E-state index in [0.717, 1.165) is 33.9 Å². The normalized spacial score (nSPS) is 10.7. The minimum atomic E-state index is -0.779. The number of fused-ring (bicyclic) bond motifs is 1. The molecule has 122 valence electrons. The maximum absolute atomic E-state index is 12.4. The molecule has 0 fully saturated rings. The third-order valence-corrected chi connectivity index (χ3v) is 3.99. The van der Waals surface area contributed by atoms with Crippen LogP contribution in [0.1, 0.15) is 41.7 Å². The number of amides is 1. The van der Waals surface area contributed by atoms with Gasteiger partial charge >= 0.3 is 5.97 Å². The standard InChI is InChI=1S/C17H19BrN2O3/c1-11-9-14(13-10-12(18)6-7-15(13)20-11)17(23)19-8-4-2-3-5-16(21)22/h6-7,9-10H,2-5,8H2,1H3,(H,19,23)(H,21,22). The van der Waals surface area contributed by atoms with Crippen LogP contribution in [0.15, 0.2) is 28.7 Å². The van der Waals surface area contributed by atoms with Crippen molar-refractivity contribution in [2.75, 3.05) is 6.54 Å². The molecule has 1 aromatic heterocycles. The number of aryl methyl sites for hydroxylation is 1. The molecule has 1 amide bonds. The van der Waals surface area contributed by atoms with Crippen LogP contribution < -0.4 is 5.32 Å². The molecule has 2 aromatic rings. The fraction of sp³-hybridized carbons (Fsp3) is 0.353. The number of hydrogen-bond acceptors (Lipinski definition) is 3. The number of rotatable bonds is 7. The zero-order valence-corrected chi connectivity index (χ0v) is 14.5. The van der Waals surface area contributed by atoms with E-state index in [9.17, 15) is 9.59 Å². The smallest absolute Gasteiger partial charge is 0.303 e. The summed E-state index contributed by atoms with van der Waals surface area (Å²) in [5, 5.41) is 12.3. The molecule has 0 radical (unpaired) electrons. The Morgan fingerprint density at radius 2 is 2.00 bits per heavy atom. The van der Waals surface area contributed by atoms with Crippen molar-refractivity contribution in [3.8, 4) is 0 Å². The number of carboxylic acids is 1. The van der Waals surface area contributed by atoms with E-state index >= 15 is 0 Å². The van der Waals surface area contributed by atoms with E-state index in [1.165, 1.54) is 0 Å². The van der Waals surface area contributed by atoms with Crippen LogP contribution >= 0.6 is 15.9 Å². The van der Waals surface area contributed by atoms with Crippen molar-refractivity contribution >= 4 is 38.7 Å². The number of carbonyl (C=O) groups is 2. The first kappa shape index (κ1) is 17.4. The van der Waals surface area contributed by atoms with Gasteiger partial charge in [0.25, 0.3) is 5.91 Å². The fourth-order valence-electron chi connectivity index (χ4n) is 2.39. The predicted molar refractivity (Wildman–Crippen MR) is 92.6 cm³/mol. The minimum absolute atomic E-state index is 0.128. The number of hydrogen-bond donors (Lipinski definition) is 2. The Morgan fingerprint density at radius 3 is 2.74 bits per heavy atom. The van der Waals surface area contributed by atoms with Gasteiger partial charge in [-0.15, -0.1) is 0 Å². The van der Waals surface area contributed by atoms with Gasteiger partial charge in [0, 0.05) is 28.5 Å². The summed E-state index contributed by atoms with van der Waals surface area (Å²) in [6.07, 6.45) is 2.37. The topological polar surface area (TPSA) is 79.3 Å². The van der Waals surface area contributed by atoms with Gasteiger partial charge in [-0.2, -0.15) is 0 Å². The number of carboxylic acid groups (broad SMARTS) is 1. The lowest BCUT2D eigenvalue weighted by atomic mass is 10.1. The second kappa shape index (κ2) is 8.06. The van der Waals surface area contributed by atoms with Gasteiger partial charge in [0.2, 0.25) is 0 Å². The summed E-state index contributed by atoms with van der Waals surface area (Å²) in [5.41, 5.74) is 2.20. The molecule has 0 bridgehead atoms. The van der Waals surface area contributed by atoms with Crippen LogP contribution in [0.2, 0.25) is 0 Å². The number of unbranched alkanes of at least 4 members (excludes halogenated alkanes) is 2. The van der Waals surface area contributed by atoms with E-state index in [1.807, 2.05) is 25.1 Å². The van der Waals surface area contributed by atoms with E-state index in [-0.39, 0.29) is 12.3 Å². The molecule has 0 unspecified atom stereocenters. The Hall–Kier alpha value is -1.95. The highest BCUT2D eigenvalue weighted by Crippen LogP contribution is 2.22. The van der Waals surface area contributed by atoms with Crippen molar-refractivity contribution in [2.24, 2.45) is 0 Å². The number of nitrogens with zero attached hydrogens (tertiary/aromatic N) is 1. The third kappa shape index (κ3) is 5.03. The lowest BCUT2D eigenvalue weighted by Crippen LogP contribution is -2.25. The van der Waals surface area contributed by atoms with E-state index < -0.39 is 5.97 Å². The first-order chi connectivity index (χ1) is 11.0. The zero-order valence-electron chi connectivity index (χ0n) is 12.9. The molecule has 0 atom stereocenters. The summed E-state index contributed by atoms with van der Waals surface area (Å²) in [6.45, 7) is 2.40. The quantitative estimate of drug-likeness (QED) is 0.720. The zero-order chi connectivity index (χ0) is 16.8. The first-order valence-electron chi connectivity index (χ1n) is 7.54. The Bertz CT molecular complexity index is 731. The molecule has 0 spiro atoms. The SMILES string of the molecule is Cc1cc(C(=O)NCCCCCC(=O)O)c2cc(Br)ccc2n1. The number of benzene rings is 1. The van der Waals surface area contributed by atoms with Crippen molar-refractivity contribution in [1.82, 2.24) is 10.3 Å². The summed E-state index contributed by atoms with van der Waals surface area (Å²) in [6, 6.07) is 7.46. The molecular weight excluding hydrogens is 360 g/mol. The van der Waals surface area contributed by atoms with Gasteiger partial charge in [-0.3, -0.25) is 14.6 Å². The Labute approximate surface area is 143 Å². The number of halogens is 1. The van der Waals surface area contributed by atoms with Gasteiger partial charge in [0.1, 0.15) is 0 Å². The van der Waals surface area contributed by atoms with Crippen molar-refractivity contribution < 1.29 is 14.7 Å². The van der Waals surface area contributed by atoms with E-state index in [0.29, 0.717) is 18.5 Å². The number of aromatic nitrogens is 1. The van der Waals surface area contributed by atoms with Crippen molar-refractivity contribution in [1.29, 1.82) is 0 Å². The van der Waals surface area contributed by atoms with Crippen LogP contribution in [0.25, 0.3) is 10.9 Å². The largest absolute Gasteiger partial charge is 0.481 e. The second-order valence-electron chi connectivity index (χ2n) is 5.43. The van der Waals surface area contributed by atoms with Crippen LogP contribution in [0.3, 0.4) is 0 Å². The molecule has 0 aliphatic rings. The molecule has 0 saturated carbocycles. The van der Waals surface area contributed by atoms with E-state index in [4.69, 9.17) is 5.11 Å². The number of nitrogens with one attached hydrogen (secondary N) is 1. The van der Waals surface area contributed by atoms with E-state index in [1.54, 1.807) is 6.07 Å². The van der Waals surface area contributed by atoms with Gasteiger partial charge in [0.15, 0.2) is 0 Å². The highest BCUT2D eigenvalue weighted by molar-refractivity contribution is 9.10. The molecule has 0 aliphatic carbocycles. The van der Waals surface area contributed by atoms with E-state index in [2.05, 4.69) is 26.2 Å². The lowest BCUT2D eigenvalue weighted by molar-refractivity contribution is -0.137. The average molecular weight is 379 g/mol. The first-order valence-corrected chi connectivity index (χ1v) is 8.33. The fourth-order valence-corrected chi connectivity index (χ4v) is 2.75. The molecule has 1 heterocycles. The van der Waals surface area contributed by atoms with Crippen LogP contribution in [0.5, 0.6) is 0 Å². The Balaban J connectivity index is 2.00. The van der Waals surface area contributed by atoms with Crippen LogP contribution in [0, 0.1) is 6.92 Å². The Morgan fingerprint density at radius 1 is 1.22 bits per heavy atom. The molecule has 6 heteroatoms. The van der Waals surface area contributed by atoms with Crippen LogP contribution in [0.4, 0.5) is 0 Å². The van der Waals surface area contributed by atoms with Crippen LogP contribution in [-0.2, 0) is 4.79 Å². The number of carbonyl (C=O) groups excluding carboxylic acids is 1. The van der Waals surface area contributed by atoms with Gasteiger partial charge < -0.3 is 10.4 Å². The molecule has 5 nitrogen and oxygen atoms in total. The number of pyridine rings is 1. The van der Waals surface area contributed by atoms with Gasteiger partial charge in [0.05, 0.1) is 11.1 Å². The molecular formula is C17H19BrN2O3. The summed E-state index contributed by atoms with van der Waals surface area (Å²) >= 11 is 3.42. The summed E-state index contributed by atoms with van der Waals surface area (Å²) in [5.74, 6) is -0.907. The van der Waals surface area contributed by atoms with Crippen molar-refractivity contribution in [2.45, 2.75) is 32.6 Å². The predicted octanol–water partition coefficient (Wildman–Crippen LogP) is 3.68. The molecule has 2 rings (SSSR count). The maximum atomic E-state index is 12.4. The highest BCUT2D eigenvalue weighted by atomic mass is 79.9. The summed E-state index contributed by atoms with van der Waals surface area (Å²) < 4.78 is 0.901. The summed E-state index contributed by atoms with van der Waals surface area (Å²) in [4.78, 5) is 27.3. The summed E-state index contributed by atoms with van der Waals surface area (Å²) in [7, 11) is 0.